The number of allylic oxidation sites excluding steroid dienone is 1. The minimum Gasteiger partial charge on any atom is -0.394 e. The number of aliphatic hydroxyl groups excluding tert-OH is 1. The van der Waals surface area contributed by atoms with Gasteiger partial charge in [0.15, 0.2) is 0 Å². The van der Waals surface area contributed by atoms with Gasteiger partial charge in [0.1, 0.15) is 0 Å². The molecule has 0 aliphatic carbocycles. The Balaban J connectivity index is 2.51. The summed E-state index contributed by atoms with van der Waals surface area (Å²) >= 11 is 0. The van der Waals surface area contributed by atoms with Gasteiger partial charge in [-0.3, -0.25) is 4.90 Å². The lowest BCUT2D eigenvalue weighted by atomic mass is 10.0. The molecule has 0 aromatic rings. The first kappa shape index (κ1) is 9.75. The smallest absolute Gasteiger partial charge is 0.0612 e. The van der Waals surface area contributed by atoms with Crippen molar-refractivity contribution < 1.29 is 5.11 Å². The molecule has 1 atom stereocenters. The third kappa shape index (κ3) is 1.87. The Morgan fingerprint density at radius 3 is 2.92 bits per heavy atom. The van der Waals surface area contributed by atoms with E-state index >= 15 is 0 Å². The molecule has 2 heteroatoms. The Kier molecular flexibility index (Phi) is 3.29. The van der Waals surface area contributed by atoms with Gasteiger partial charge in [-0.1, -0.05) is 12.2 Å². The number of likely N-dealkylation sites (tertiary alicyclic amines) is 1. The second-order valence-corrected chi connectivity index (χ2v) is 3.77. The summed E-state index contributed by atoms with van der Waals surface area (Å²) in [6, 6.07) is 0. The molecule has 1 aliphatic heterocycles. The maximum Gasteiger partial charge on any atom is 0.0612 e. The average Bonchev–Trinajstić information content (AvgIpc) is 2.45. The van der Waals surface area contributed by atoms with Gasteiger partial charge in [0.2, 0.25) is 0 Å². The van der Waals surface area contributed by atoms with Gasteiger partial charge >= 0.3 is 0 Å². The maximum absolute atomic E-state index is 9.23. The number of hydrogen-bond donors (Lipinski definition) is 1. The van der Waals surface area contributed by atoms with E-state index < -0.39 is 0 Å². The van der Waals surface area contributed by atoms with E-state index in [1.807, 2.05) is 6.92 Å². The highest BCUT2D eigenvalue weighted by atomic mass is 16.3. The van der Waals surface area contributed by atoms with Gasteiger partial charge in [-0.2, -0.15) is 0 Å². The molecule has 0 radical (unpaired) electrons. The van der Waals surface area contributed by atoms with E-state index in [2.05, 4.69) is 24.0 Å². The van der Waals surface area contributed by atoms with Crippen molar-refractivity contribution in [2.75, 3.05) is 19.7 Å². The van der Waals surface area contributed by atoms with Crippen molar-refractivity contribution in [2.45, 2.75) is 32.2 Å². The third-order valence-corrected chi connectivity index (χ3v) is 2.81. The normalized spacial score (nSPS) is 31.9. The summed E-state index contributed by atoms with van der Waals surface area (Å²) in [5, 5.41) is 9.23. The van der Waals surface area contributed by atoms with Gasteiger partial charge in [0.05, 0.1) is 6.61 Å². The lowest BCUT2D eigenvalue weighted by molar-refractivity contribution is 0.0885. The van der Waals surface area contributed by atoms with Gasteiger partial charge in [0, 0.05) is 12.1 Å². The van der Waals surface area contributed by atoms with Gasteiger partial charge in [-0.05, 0) is 33.2 Å². The first-order valence-corrected chi connectivity index (χ1v) is 4.70. The fraction of sp³-hybridized carbons (Fsp3) is 0.800. The zero-order chi connectivity index (χ0) is 9.03. The Labute approximate surface area is 74.9 Å². The predicted molar refractivity (Wildman–Crippen MR) is 51.1 cm³/mol. The summed E-state index contributed by atoms with van der Waals surface area (Å²) in [6.45, 7) is 6.56. The molecular formula is C10H19NO. The van der Waals surface area contributed by atoms with Crippen LogP contribution >= 0.6 is 0 Å². The molecule has 1 aliphatic rings. The molecule has 1 N–H and O–H groups in total. The highest BCUT2D eigenvalue weighted by Gasteiger charge is 2.34. The zero-order valence-electron chi connectivity index (χ0n) is 8.08. The molecule has 0 aromatic carbocycles. The van der Waals surface area contributed by atoms with Gasteiger partial charge in [0.25, 0.3) is 0 Å². The van der Waals surface area contributed by atoms with Crippen LogP contribution in [0.3, 0.4) is 0 Å². The number of aliphatic hydroxyl groups is 1. The Morgan fingerprint density at radius 1 is 1.58 bits per heavy atom. The van der Waals surface area contributed by atoms with Crippen LogP contribution in [0.25, 0.3) is 0 Å². The number of hydrogen-bond acceptors (Lipinski definition) is 2. The topological polar surface area (TPSA) is 23.5 Å². The van der Waals surface area contributed by atoms with Gasteiger partial charge in [-0.15, -0.1) is 0 Å². The lowest BCUT2D eigenvalue weighted by Gasteiger charge is -2.32. The molecule has 0 amide bonds. The average molecular weight is 169 g/mol. The van der Waals surface area contributed by atoms with E-state index in [0.717, 1.165) is 19.5 Å². The fourth-order valence-electron chi connectivity index (χ4n) is 1.80. The van der Waals surface area contributed by atoms with E-state index in [1.165, 1.54) is 6.42 Å². The summed E-state index contributed by atoms with van der Waals surface area (Å²) in [7, 11) is 0. The van der Waals surface area contributed by atoms with Crippen LogP contribution in [0.4, 0.5) is 0 Å². The molecule has 12 heavy (non-hydrogen) atoms. The van der Waals surface area contributed by atoms with Gasteiger partial charge < -0.3 is 5.11 Å². The van der Waals surface area contributed by atoms with Crippen molar-refractivity contribution in [2.24, 2.45) is 0 Å². The molecule has 70 valence electrons. The largest absolute Gasteiger partial charge is 0.394 e. The van der Waals surface area contributed by atoms with Crippen LogP contribution in [0.1, 0.15) is 26.7 Å². The standard InChI is InChI=1S/C10H19NO/c1-3-4-7-11-8-5-6-10(11,2)9-12/h3-4,12H,5-9H2,1-2H3/b4-3+. The molecule has 0 spiro atoms. The molecule has 2 nitrogen and oxygen atoms in total. The van der Waals surface area contributed by atoms with Crippen LogP contribution in [0.2, 0.25) is 0 Å². The molecule has 0 aromatic heterocycles. The SMILES string of the molecule is C/C=C/CN1CCCC1(C)CO. The summed E-state index contributed by atoms with van der Waals surface area (Å²) in [5.41, 5.74) is 0.0412. The predicted octanol–water partition coefficient (Wildman–Crippen LogP) is 1.41. The quantitative estimate of drug-likeness (QED) is 0.646. The molecule has 1 heterocycles. The molecule has 1 saturated heterocycles. The van der Waals surface area contributed by atoms with Crippen molar-refractivity contribution >= 4 is 0 Å². The Morgan fingerprint density at radius 2 is 2.33 bits per heavy atom. The minimum atomic E-state index is 0.0412. The van der Waals surface area contributed by atoms with E-state index in [4.69, 9.17) is 0 Å². The van der Waals surface area contributed by atoms with Crippen LogP contribution in [-0.2, 0) is 0 Å². The summed E-state index contributed by atoms with van der Waals surface area (Å²) in [5.74, 6) is 0. The summed E-state index contributed by atoms with van der Waals surface area (Å²) in [4.78, 5) is 2.35. The number of nitrogens with zero attached hydrogens (tertiary/aromatic N) is 1. The molecule has 0 saturated carbocycles. The second-order valence-electron chi connectivity index (χ2n) is 3.77. The first-order chi connectivity index (χ1) is 5.73. The molecule has 0 bridgehead atoms. The number of rotatable bonds is 3. The van der Waals surface area contributed by atoms with Crippen molar-refractivity contribution in [3.63, 3.8) is 0 Å². The minimum absolute atomic E-state index is 0.0412. The Bertz CT molecular complexity index is 167. The van der Waals surface area contributed by atoms with Crippen molar-refractivity contribution in [3.05, 3.63) is 12.2 Å². The lowest BCUT2D eigenvalue weighted by Crippen LogP contribution is -2.44. The molecular weight excluding hydrogens is 150 g/mol. The van der Waals surface area contributed by atoms with Crippen molar-refractivity contribution in [1.82, 2.24) is 4.90 Å². The van der Waals surface area contributed by atoms with Crippen LogP contribution < -0.4 is 0 Å². The molecule has 1 rings (SSSR count). The van der Waals surface area contributed by atoms with Gasteiger partial charge in [-0.25, -0.2) is 0 Å². The van der Waals surface area contributed by atoms with Crippen LogP contribution in [0, 0.1) is 0 Å². The van der Waals surface area contributed by atoms with Crippen LogP contribution in [-0.4, -0.2) is 35.2 Å². The zero-order valence-corrected chi connectivity index (χ0v) is 8.08. The van der Waals surface area contributed by atoms with Crippen molar-refractivity contribution in [3.8, 4) is 0 Å². The monoisotopic (exact) mass is 169 g/mol. The van der Waals surface area contributed by atoms with Crippen LogP contribution in [0.5, 0.6) is 0 Å². The highest BCUT2D eigenvalue weighted by Crippen LogP contribution is 2.27. The van der Waals surface area contributed by atoms with Crippen LogP contribution in [0.15, 0.2) is 12.2 Å². The van der Waals surface area contributed by atoms with E-state index in [0.29, 0.717) is 0 Å². The van der Waals surface area contributed by atoms with E-state index in [9.17, 15) is 5.11 Å². The van der Waals surface area contributed by atoms with E-state index in [1.54, 1.807) is 0 Å². The van der Waals surface area contributed by atoms with E-state index in [-0.39, 0.29) is 12.1 Å². The summed E-state index contributed by atoms with van der Waals surface area (Å²) < 4.78 is 0. The summed E-state index contributed by atoms with van der Waals surface area (Å²) in [6.07, 6.45) is 6.56. The highest BCUT2D eigenvalue weighted by molar-refractivity contribution is 4.95. The van der Waals surface area contributed by atoms with Crippen molar-refractivity contribution in [1.29, 1.82) is 0 Å². The Hall–Kier alpha value is -0.340. The molecule has 1 fully saturated rings. The first-order valence-electron chi connectivity index (χ1n) is 4.70. The third-order valence-electron chi connectivity index (χ3n) is 2.81. The fourth-order valence-corrected chi connectivity index (χ4v) is 1.80. The molecule has 1 unspecified atom stereocenters. The maximum atomic E-state index is 9.23. The second kappa shape index (κ2) is 4.06.